The molecule has 12 heteroatoms. The molecule has 0 aromatic heterocycles. The molecule has 4 amide bonds. The second-order valence-corrected chi connectivity index (χ2v) is 13.8. The smallest absolute Gasteiger partial charge is 0.410 e. The van der Waals surface area contributed by atoms with E-state index in [4.69, 9.17) is 22.1 Å². The summed E-state index contributed by atoms with van der Waals surface area (Å²) >= 11 is 6.47. The number of urea groups is 1. The molecule has 4 aliphatic rings. The number of amides is 4. The number of nitrogens with one attached hydrogen (secondary N) is 1. The quantitative estimate of drug-likeness (QED) is 0.425. The zero-order chi connectivity index (χ0) is 33.1. The highest BCUT2D eigenvalue weighted by molar-refractivity contribution is 6.33. The summed E-state index contributed by atoms with van der Waals surface area (Å²) in [5, 5.41) is 3.43. The van der Waals surface area contributed by atoms with Gasteiger partial charge in [0.2, 0.25) is 0 Å². The third-order valence-corrected chi connectivity index (χ3v) is 10.8. The lowest BCUT2D eigenvalue weighted by atomic mass is 10.0. The van der Waals surface area contributed by atoms with E-state index in [0.29, 0.717) is 68.7 Å². The Morgan fingerprint density at radius 1 is 0.957 bits per heavy atom. The first-order valence-electron chi connectivity index (χ1n) is 17.1. The van der Waals surface area contributed by atoms with Gasteiger partial charge in [-0.15, -0.1) is 0 Å². The molecule has 2 aromatic carbocycles. The number of nitrogens with two attached hydrogens (primary N) is 1. The molecular formula is C35H48ClN7O4. The fraction of sp³-hybridized carbons (Fsp3) is 0.571. The predicted molar refractivity (Wildman–Crippen MR) is 183 cm³/mol. The minimum absolute atomic E-state index is 0.00933. The third-order valence-electron chi connectivity index (χ3n) is 10.4. The number of para-hydroxylation sites is 1. The van der Waals surface area contributed by atoms with Crippen LogP contribution in [0.5, 0.6) is 0 Å². The summed E-state index contributed by atoms with van der Waals surface area (Å²) in [6.07, 6.45) is 3.00. The molecule has 0 saturated carbocycles. The molecular weight excluding hydrogens is 618 g/mol. The number of ether oxygens (including phenoxy) is 1. The number of anilines is 2. The Labute approximate surface area is 282 Å². The maximum Gasteiger partial charge on any atom is 0.410 e. The zero-order valence-corrected chi connectivity index (χ0v) is 28.4. The molecule has 3 fully saturated rings. The van der Waals surface area contributed by atoms with Crippen LogP contribution in [-0.2, 0) is 28.9 Å². The second kappa shape index (κ2) is 14.7. The average Bonchev–Trinajstić information content (AvgIpc) is 3.09. The van der Waals surface area contributed by atoms with Gasteiger partial charge in [-0.05, 0) is 81.1 Å². The molecule has 0 spiro atoms. The van der Waals surface area contributed by atoms with Crippen LogP contribution in [0.15, 0.2) is 36.4 Å². The van der Waals surface area contributed by atoms with E-state index >= 15 is 0 Å². The van der Waals surface area contributed by atoms with E-state index in [1.54, 1.807) is 11.0 Å². The van der Waals surface area contributed by atoms with Gasteiger partial charge in [0.25, 0.3) is 5.91 Å². The summed E-state index contributed by atoms with van der Waals surface area (Å²) in [6, 6.07) is 12.0. The molecule has 2 aromatic rings. The number of benzene rings is 2. The topological polar surface area (TPSA) is 115 Å². The van der Waals surface area contributed by atoms with Crippen molar-refractivity contribution in [3.63, 3.8) is 0 Å². The van der Waals surface area contributed by atoms with Crippen molar-refractivity contribution in [1.29, 1.82) is 0 Å². The van der Waals surface area contributed by atoms with Gasteiger partial charge in [-0.25, -0.2) is 9.59 Å². The number of rotatable bonds is 7. The highest BCUT2D eigenvalue weighted by Gasteiger charge is 2.36. The number of carbonyl (C=O) groups excluding carboxylic acids is 3. The Morgan fingerprint density at radius 3 is 2.34 bits per heavy atom. The molecule has 47 heavy (non-hydrogen) atoms. The molecule has 0 bridgehead atoms. The van der Waals surface area contributed by atoms with Crippen molar-refractivity contribution >= 4 is 41.0 Å². The van der Waals surface area contributed by atoms with Gasteiger partial charge in [0.15, 0.2) is 6.10 Å². The third kappa shape index (κ3) is 7.63. The van der Waals surface area contributed by atoms with Gasteiger partial charge >= 0.3 is 12.1 Å². The number of piperidine rings is 2. The molecule has 0 radical (unpaired) electrons. The van der Waals surface area contributed by atoms with Crippen LogP contribution in [0.25, 0.3) is 0 Å². The number of hydrogen-bond donors (Lipinski definition) is 2. The monoisotopic (exact) mass is 665 g/mol. The van der Waals surface area contributed by atoms with Gasteiger partial charge in [-0.2, -0.15) is 0 Å². The highest BCUT2D eigenvalue weighted by Crippen LogP contribution is 2.29. The van der Waals surface area contributed by atoms with Crippen LogP contribution >= 0.6 is 11.6 Å². The number of halogens is 1. The van der Waals surface area contributed by atoms with E-state index in [1.165, 1.54) is 0 Å². The zero-order valence-electron chi connectivity index (χ0n) is 27.6. The summed E-state index contributed by atoms with van der Waals surface area (Å²) in [7, 11) is 2.17. The van der Waals surface area contributed by atoms with Gasteiger partial charge in [0.1, 0.15) is 0 Å². The van der Waals surface area contributed by atoms with Crippen molar-refractivity contribution < 1.29 is 19.1 Å². The minimum atomic E-state index is -0.983. The number of aryl methyl sites for hydroxylation is 1. The van der Waals surface area contributed by atoms with Gasteiger partial charge in [-0.1, -0.05) is 42.8 Å². The number of carbonyl (C=O) groups is 3. The summed E-state index contributed by atoms with van der Waals surface area (Å²) in [5.41, 5.74) is 10.4. The second-order valence-electron chi connectivity index (χ2n) is 13.4. The van der Waals surface area contributed by atoms with E-state index in [-0.39, 0.29) is 24.4 Å². The molecule has 4 aliphatic heterocycles. The van der Waals surface area contributed by atoms with Crippen LogP contribution < -0.4 is 11.1 Å². The predicted octanol–water partition coefficient (Wildman–Crippen LogP) is 4.28. The molecule has 3 N–H and O–H groups in total. The summed E-state index contributed by atoms with van der Waals surface area (Å²) < 4.78 is 6.07. The lowest BCUT2D eigenvalue weighted by Gasteiger charge is -2.43. The molecule has 4 heterocycles. The van der Waals surface area contributed by atoms with E-state index in [9.17, 15) is 14.4 Å². The van der Waals surface area contributed by atoms with Crippen molar-refractivity contribution in [3.05, 3.63) is 58.1 Å². The van der Waals surface area contributed by atoms with Gasteiger partial charge in [0.05, 0.1) is 10.7 Å². The van der Waals surface area contributed by atoms with E-state index in [0.717, 1.165) is 61.4 Å². The molecule has 254 valence electrons. The van der Waals surface area contributed by atoms with Crippen molar-refractivity contribution in [1.82, 2.24) is 24.5 Å². The first-order chi connectivity index (χ1) is 22.7. The van der Waals surface area contributed by atoms with Gasteiger partial charge in [0, 0.05) is 70.0 Å². The number of piperazine rings is 1. The van der Waals surface area contributed by atoms with Crippen molar-refractivity contribution in [2.45, 2.75) is 70.2 Å². The summed E-state index contributed by atoms with van der Waals surface area (Å²) in [5.74, 6) is -0.175. The number of nitrogens with zero attached hydrogens (tertiary/aromatic N) is 5. The lowest BCUT2D eigenvalue weighted by Crippen LogP contribution is -2.56. The van der Waals surface area contributed by atoms with E-state index in [2.05, 4.69) is 22.2 Å². The first-order valence-corrected chi connectivity index (χ1v) is 17.5. The molecule has 0 aliphatic carbocycles. The Kier molecular flexibility index (Phi) is 10.4. The molecule has 11 nitrogen and oxygen atoms in total. The van der Waals surface area contributed by atoms with E-state index in [1.807, 2.05) is 47.1 Å². The molecule has 0 unspecified atom stereocenters. The molecule has 6 rings (SSSR count). The fourth-order valence-electron chi connectivity index (χ4n) is 7.49. The van der Waals surface area contributed by atoms with Crippen LogP contribution in [0.4, 0.5) is 21.0 Å². The maximum atomic E-state index is 14.0. The number of hydrogen-bond acceptors (Lipinski definition) is 7. The Hall–Kier alpha value is -3.54. The van der Waals surface area contributed by atoms with Crippen LogP contribution in [-0.4, -0.2) is 120 Å². The van der Waals surface area contributed by atoms with Crippen LogP contribution in [0, 0.1) is 0 Å². The number of fused-ring (bicyclic) bond motifs is 1. The minimum Gasteiger partial charge on any atom is -0.436 e. The van der Waals surface area contributed by atoms with Crippen LogP contribution in [0.1, 0.15) is 49.3 Å². The van der Waals surface area contributed by atoms with Crippen LogP contribution in [0.2, 0.25) is 5.02 Å². The first kappa shape index (κ1) is 33.4. The maximum absolute atomic E-state index is 14.0. The van der Waals surface area contributed by atoms with Crippen molar-refractivity contribution in [2.24, 2.45) is 0 Å². The Morgan fingerprint density at radius 2 is 1.64 bits per heavy atom. The standard InChI is InChI=1S/C35H48ClN7O4/c1-3-25-20-24(21-29(36)32(25)37)22-31(33(44)41-18-16-40(17-19-41)27-8-12-39(2)13-9-27)47-35(46)42-14-10-28(11-15-42)43-23-26-6-4-5-7-30(26)38-34(43)45/h4-7,20-21,27-28,31H,3,8-19,22-23,37H2,1-2H3,(H,38,45)/t31-/m1/s1. The number of likely N-dealkylation sites (tertiary alicyclic amines) is 2. The SMILES string of the molecule is CCc1cc(C[C@@H](OC(=O)N2CCC(N3Cc4ccccc4NC3=O)CC2)C(=O)N2CCN(C3CCN(C)CC3)CC2)cc(Cl)c1N. The highest BCUT2D eigenvalue weighted by atomic mass is 35.5. The Balaban J connectivity index is 1.10. The van der Waals surface area contributed by atoms with Crippen LogP contribution in [0.3, 0.4) is 0 Å². The van der Waals surface area contributed by atoms with Crippen molar-refractivity contribution in [3.8, 4) is 0 Å². The van der Waals surface area contributed by atoms with E-state index < -0.39 is 12.2 Å². The van der Waals surface area contributed by atoms with Gasteiger partial charge in [-0.3, -0.25) is 9.69 Å². The fourth-order valence-corrected chi connectivity index (χ4v) is 7.75. The summed E-state index contributed by atoms with van der Waals surface area (Å²) in [4.78, 5) is 50.8. The largest absolute Gasteiger partial charge is 0.436 e. The average molecular weight is 666 g/mol. The lowest BCUT2D eigenvalue weighted by molar-refractivity contribution is -0.143. The Bertz CT molecular complexity index is 1450. The molecule has 3 saturated heterocycles. The summed E-state index contributed by atoms with van der Waals surface area (Å²) in [6.45, 7) is 8.48. The molecule has 1 atom stereocenters. The normalized spacial score (nSPS) is 20.9. The van der Waals surface area contributed by atoms with Gasteiger partial charge < -0.3 is 35.4 Å². The van der Waals surface area contributed by atoms with Crippen molar-refractivity contribution in [2.75, 3.05) is 70.5 Å². The number of nitrogen functional groups attached to an aromatic ring is 1.